The van der Waals surface area contributed by atoms with Crippen molar-refractivity contribution >= 4 is 0 Å². The number of hydrogen-bond donors (Lipinski definition) is 0. The van der Waals surface area contributed by atoms with Crippen LogP contribution in [0.25, 0.3) is 11.5 Å². The van der Waals surface area contributed by atoms with E-state index < -0.39 is 0 Å². The highest BCUT2D eigenvalue weighted by atomic mass is 16.1. The van der Waals surface area contributed by atoms with E-state index in [2.05, 4.69) is 4.98 Å². The molecule has 0 aliphatic rings. The van der Waals surface area contributed by atoms with E-state index >= 15 is 0 Å². The van der Waals surface area contributed by atoms with E-state index in [0.29, 0.717) is 11.5 Å². The van der Waals surface area contributed by atoms with Crippen LogP contribution in [0.2, 0.25) is 0 Å². The second kappa shape index (κ2) is 4.97. The SMILES string of the molecule is O=c1ccccn1-c1ccnc(-n2ccccc2=O)c1. The summed E-state index contributed by atoms with van der Waals surface area (Å²) in [5.74, 6) is 0.476. The van der Waals surface area contributed by atoms with E-state index in [1.165, 1.54) is 21.3 Å². The summed E-state index contributed by atoms with van der Waals surface area (Å²) in [5.41, 5.74) is 0.360. The highest BCUT2D eigenvalue weighted by Gasteiger charge is 2.03. The quantitative estimate of drug-likeness (QED) is 0.703. The first-order chi connectivity index (χ1) is 9.75. The van der Waals surface area contributed by atoms with Crippen LogP contribution in [0.5, 0.6) is 0 Å². The molecule has 0 atom stereocenters. The van der Waals surface area contributed by atoms with Crippen molar-refractivity contribution in [2.45, 2.75) is 0 Å². The van der Waals surface area contributed by atoms with E-state index in [0.717, 1.165) is 0 Å². The zero-order valence-corrected chi connectivity index (χ0v) is 10.5. The van der Waals surface area contributed by atoms with Crippen LogP contribution >= 0.6 is 0 Å². The van der Waals surface area contributed by atoms with Gasteiger partial charge in [-0.05, 0) is 18.2 Å². The topological polar surface area (TPSA) is 56.9 Å². The van der Waals surface area contributed by atoms with Crippen molar-refractivity contribution in [3.8, 4) is 11.5 Å². The smallest absolute Gasteiger partial charge is 0.256 e. The average Bonchev–Trinajstić information content (AvgIpc) is 2.48. The monoisotopic (exact) mass is 265 g/mol. The Hall–Kier alpha value is -2.95. The fourth-order valence-electron chi connectivity index (χ4n) is 1.95. The van der Waals surface area contributed by atoms with Gasteiger partial charge in [0, 0.05) is 36.8 Å². The van der Waals surface area contributed by atoms with Gasteiger partial charge in [-0.25, -0.2) is 4.98 Å². The van der Waals surface area contributed by atoms with Gasteiger partial charge in [-0.2, -0.15) is 0 Å². The summed E-state index contributed by atoms with van der Waals surface area (Å²) in [7, 11) is 0. The van der Waals surface area contributed by atoms with Crippen molar-refractivity contribution in [3.63, 3.8) is 0 Å². The third-order valence-electron chi connectivity index (χ3n) is 2.90. The first-order valence-electron chi connectivity index (χ1n) is 6.08. The molecule has 5 heteroatoms. The summed E-state index contributed by atoms with van der Waals surface area (Å²) < 4.78 is 2.93. The zero-order chi connectivity index (χ0) is 13.9. The van der Waals surface area contributed by atoms with Crippen molar-refractivity contribution in [1.82, 2.24) is 14.1 Å². The van der Waals surface area contributed by atoms with Crippen LogP contribution in [0, 0.1) is 0 Å². The molecule has 0 spiro atoms. The molecule has 0 aliphatic heterocycles. The molecule has 3 rings (SSSR count). The minimum atomic E-state index is -0.169. The molecular formula is C15H11N3O2. The molecule has 0 saturated heterocycles. The Morgan fingerprint density at radius 1 is 0.800 bits per heavy atom. The second-order valence-corrected chi connectivity index (χ2v) is 4.19. The Morgan fingerprint density at radius 2 is 1.45 bits per heavy atom. The van der Waals surface area contributed by atoms with Crippen LogP contribution < -0.4 is 11.1 Å². The maximum Gasteiger partial charge on any atom is 0.256 e. The van der Waals surface area contributed by atoms with E-state index in [9.17, 15) is 9.59 Å². The standard InChI is InChI=1S/C15H11N3O2/c19-14-5-1-3-9-17(14)12-7-8-16-13(11-12)18-10-4-2-6-15(18)20/h1-11H. The predicted molar refractivity (Wildman–Crippen MR) is 75.4 cm³/mol. The minimum Gasteiger partial charge on any atom is -0.284 e. The summed E-state index contributed by atoms with van der Waals surface area (Å²) in [5, 5.41) is 0. The molecule has 0 unspecified atom stereocenters. The Balaban J connectivity index is 2.17. The zero-order valence-electron chi connectivity index (χ0n) is 10.5. The second-order valence-electron chi connectivity index (χ2n) is 4.19. The number of rotatable bonds is 2. The summed E-state index contributed by atoms with van der Waals surface area (Å²) in [6.45, 7) is 0. The van der Waals surface area contributed by atoms with Gasteiger partial charge >= 0.3 is 0 Å². The lowest BCUT2D eigenvalue weighted by molar-refractivity contribution is 0.921. The van der Waals surface area contributed by atoms with Crippen molar-refractivity contribution < 1.29 is 0 Å². The van der Waals surface area contributed by atoms with Gasteiger partial charge in [0.2, 0.25) is 0 Å². The fourth-order valence-corrected chi connectivity index (χ4v) is 1.95. The van der Waals surface area contributed by atoms with Gasteiger partial charge in [0.05, 0.1) is 5.69 Å². The Bertz CT molecular complexity index is 796. The molecular weight excluding hydrogens is 254 g/mol. The summed E-state index contributed by atoms with van der Waals surface area (Å²) >= 11 is 0. The lowest BCUT2D eigenvalue weighted by atomic mass is 10.3. The molecule has 0 aliphatic carbocycles. The first-order valence-corrected chi connectivity index (χ1v) is 6.08. The van der Waals surface area contributed by atoms with Crippen molar-refractivity contribution in [2.24, 2.45) is 0 Å². The van der Waals surface area contributed by atoms with Gasteiger partial charge in [-0.3, -0.25) is 18.7 Å². The molecule has 0 saturated carbocycles. The van der Waals surface area contributed by atoms with Crippen LogP contribution in [-0.4, -0.2) is 14.1 Å². The molecule has 0 fully saturated rings. The molecule has 0 N–H and O–H groups in total. The van der Waals surface area contributed by atoms with Gasteiger partial charge in [0.25, 0.3) is 11.1 Å². The molecule has 3 aromatic rings. The molecule has 0 amide bonds. The number of aromatic nitrogens is 3. The van der Waals surface area contributed by atoms with Crippen molar-refractivity contribution in [2.75, 3.05) is 0 Å². The summed E-state index contributed by atoms with van der Waals surface area (Å²) in [6.07, 6.45) is 4.89. The molecule has 0 aromatic carbocycles. The Morgan fingerprint density at radius 3 is 2.10 bits per heavy atom. The molecule has 3 aromatic heterocycles. The Kier molecular flexibility index (Phi) is 3.01. The normalized spacial score (nSPS) is 10.4. The summed E-state index contributed by atoms with van der Waals surface area (Å²) in [4.78, 5) is 27.8. The van der Waals surface area contributed by atoms with Crippen LogP contribution in [0.3, 0.4) is 0 Å². The Labute approximate surface area is 114 Å². The lowest BCUT2D eigenvalue weighted by Gasteiger charge is -2.08. The highest BCUT2D eigenvalue weighted by molar-refractivity contribution is 5.38. The largest absolute Gasteiger partial charge is 0.284 e. The summed E-state index contributed by atoms with van der Waals surface area (Å²) in [6, 6.07) is 13.2. The van der Waals surface area contributed by atoms with Crippen LogP contribution in [0.15, 0.2) is 76.7 Å². The molecule has 98 valence electrons. The van der Waals surface area contributed by atoms with E-state index in [-0.39, 0.29) is 11.1 Å². The predicted octanol–water partition coefficient (Wildman–Crippen LogP) is 1.38. The van der Waals surface area contributed by atoms with Gasteiger partial charge in [0.1, 0.15) is 5.82 Å². The van der Waals surface area contributed by atoms with Crippen LogP contribution in [-0.2, 0) is 0 Å². The highest BCUT2D eigenvalue weighted by Crippen LogP contribution is 2.08. The third-order valence-corrected chi connectivity index (χ3v) is 2.90. The maximum atomic E-state index is 11.8. The molecule has 0 bridgehead atoms. The van der Waals surface area contributed by atoms with Gasteiger partial charge in [0.15, 0.2) is 0 Å². The van der Waals surface area contributed by atoms with E-state index in [4.69, 9.17) is 0 Å². The van der Waals surface area contributed by atoms with Gasteiger partial charge in [-0.1, -0.05) is 12.1 Å². The van der Waals surface area contributed by atoms with Crippen LogP contribution in [0.1, 0.15) is 0 Å². The molecule has 20 heavy (non-hydrogen) atoms. The number of nitrogens with zero attached hydrogens (tertiary/aromatic N) is 3. The van der Waals surface area contributed by atoms with Gasteiger partial charge in [-0.15, -0.1) is 0 Å². The van der Waals surface area contributed by atoms with Crippen molar-refractivity contribution in [3.05, 3.63) is 87.8 Å². The van der Waals surface area contributed by atoms with E-state index in [1.807, 2.05) is 0 Å². The van der Waals surface area contributed by atoms with E-state index in [1.54, 1.807) is 55.0 Å². The number of hydrogen-bond acceptors (Lipinski definition) is 3. The fraction of sp³-hybridized carbons (Fsp3) is 0. The third kappa shape index (κ3) is 2.16. The van der Waals surface area contributed by atoms with Gasteiger partial charge < -0.3 is 0 Å². The van der Waals surface area contributed by atoms with Crippen LogP contribution in [0.4, 0.5) is 0 Å². The minimum absolute atomic E-state index is 0.134. The average molecular weight is 265 g/mol. The maximum absolute atomic E-state index is 11.8. The lowest BCUT2D eigenvalue weighted by Crippen LogP contribution is -2.19. The first kappa shape index (κ1) is 12.1. The molecule has 5 nitrogen and oxygen atoms in total. The number of pyridine rings is 3. The molecule has 3 heterocycles. The molecule has 0 radical (unpaired) electrons. The van der Waals surface area contributed by atoms with Crippen molar-refractivity contribution in [1.29, 1.82) is 0 Å².